The maximum atomic E-state index is 10.9. The molecule has 1 fully saturated rings. The van der Waals surface area contributed by atoms with E-state index < -0.39 is 6.03 Å². The van der Waals surface area contributed by atoms with Gasteiger partial charge in [0.15, 0.2) is 0 Å². The number of carbonyl (C=O) groups excluding carboxylic acids is 2. The van der Waals surface area contributed by atoms with Crippen molar-refractivity contribution in [2.24, 2.45) is 5.92 Å². The number of hydrogen-bond acceptors (Lipinski definition) is 2. The fraction of sp³-hybridized carbons (Fsp3) is 0.429. The van der Waals surface area contributed by atoms with Crippen molar-refractivity contribution in [1.82, 2.24) is 10.6 Å². The molecule has 1 aliphatic heterocycles. The lowest BCUT2D eigenvalue weighted by atomic mass is 10.2. The zero-order valence-corrected chi connectivity index (χ0v) is 6.47. The van der Waals surface area contributed by atoms with Gasteiger partial charge in [-0.25, -0.2) is 4.79 Å². The van der Waals surface area contributed by atoms with E-state index in [4.69, 9.17) is 0 Å². The van der Waals surface area contributed by atoms with Gasteiger partial charge in [0.2, 0.25) is 0 Å². The van der Waals surface area contributed by atoms with Crippen LogP contribution in [0.5, 0.6) is 0 Å². The lowest BCUT2D eigenvalue weighted by Gasteiger charge is -1.95. The van der Waals surface area contributed by atoms with Gasteiger partial charge in [-0.3, -0.25) is 10.1 Å². The highest BCUT2D eigenvalue weighted by Gasteiger charge is 2.22. The van der Waals surface area contributed by atoms with Crippen molar-refractivity contribution in [3.8, 4) is 0 Å². The molecule has 1 aliphatic rings. The Kier molecular flexibility index (Phi) is 1.94. The van der Waals surface area contributed by atoms with Crippen LogP contribution in [0.3, 0.4) is 0 Å². The van der Waals surface area contributed by atoms with Gasteiger partial charge in [-0.05, 0) is 5.92 Å². The van der Waals surface area contributed by atoms with Crippen molar-refractivity contribution < 1.29 is 9.59 Å². The van der Waals surface area contributed by atoms with E-state index in [2.05, 4.69) is 10.6 Å². The lowest BCUT2D eigenvalue weighted by molar-refractivity contribution is -0.115. The standard InChI is InChI=1S/C7H10N2O2/c1-4(2)3-5-6(10)9-7(11)8-5/h3-4H,1-2H3,(H2,8,9,10,11)/b5-3+. The van der Waals surface area contributed by atoms with Gasteiger partial charge in [-0.1, -0.05) is 19.9 Å². The van der Waals surface area contributed by atoms with Crippen LogP contribution in [0, 0.1) is 5.92 Å². The van der Waals surface area contributed by atoms with E-state index in [9.17, 15) is 9.59 Å². The van der Waals surface area contributed by atoms with E-state index in [1.54, 1.807) is 6.08 Å². The second-order valence-electron chi connectivity index (χ2n) is 2.73. The topological polar surface area (TPSA) is 58.2 Å². The van der Waals surface area contributed by atoms with Crippen LogP contribution in [0.2, 0.25) is 0 Å². The molecule has 11 heavy (non-hydrogen) atoms. The summed E-state index contributed by atoms with van der Waals surface area (Å²) in [6.45, 7) is 3.87. The maximum Gasteiger partial charge on any atom is 0.326 e. The Labute approximate surface area is 64.7 Å². The van der Waals surface area contributed by atoms with E-state index in [0.29, 0.717) is 5.70 Å². The third kappa shape index (κ3) is 1.80. The summed E-state index contributed by atoms with van der Waals surface area (Å²) < 4.78 is 0. The quantitative estimate of drug-likeness (QED) is 0.423. The average Bonchev–Trinajstić information content (AvgIpc) is 2.09. The van der Waals surface area contributed by atoms with E-state index >= 15 is 0 Å². The molecule has 0 unspecified atom stereocenters. The molecule has 1 rings (SSSR count). The first-order chi connectivity index (χ1) is 5.09. The molecular formula is C7H10N2O2. The summed E-state index contributed by atoms with van der Waals surface area (Å²) in [5.74, 6) is -0.0853. The highest BCUT2D eigenvalue weighted by molar-refractivity contribution is 6.11. The second kappa shape index (κ2) is 2.74. The molecule has 0 aromatic heterocycles. The molecule has 60 valence electrons. The minimum absolute atomic E-state index is 0.258. The highest BCUT2D eigenvalue weighted by Crippen LogP contribution is 2.02. The SMILES string of the molecule is CC(C)/C=C1/NC(=O)NC1=O. The van der Waals surface area contributed by atoms with Crippen molar-refractivity contribution in [1.29, 1.82) is 0 Å². The summed E-state index contributed by atoms with van der Waals surface area (Å²) in [5, 5.41) is 4.51. The number of allylic oxidation sites excluding steroid dienone is 1. The third-order valence-electron chi connectivity index (χ3n) is 1.22. The molecule has 0 spiro atoms. The Morgan fingerprint density at radius 3 is 2.27 bits per heavy atom. The molecule has 0 bridgehead atoms. The number of hydrogen-bond donors (Lipinski definition) is 2. The van der Waals surface area contributed by atoms with Crippen molar-refractivity contribution in [2.75, 3.05) is 0 Å². The zero-order valence-electron chi connectivity index (χ0n) is 6.47. The molecule has 4 nitrogen and oxygen atoms in total. The van der Waals surface area contributed by atoms with Crippen LogP contribution < -0.4 is 10.6 Å². The number of rotatable bonds is 1. The Morgan fingerprint density at radius 2 is 1.91 bits per heavy atom. The fourth-order valence-corrected chi connectivity index (χ4v) is 0.831. The fourth-order valence-electron chi connectivity index (χ4n) is 0.831. The maximum absolute atomic E-state index is 10.9. The number of urea groups is 1. The molecular weight excluding hydrogens is 144 g/mol. The van der Waals surface area contributed by atoms with Crippen LogP contribution in [-0.2, 0) is 4.79 Å². The predicted octanol–water partition coefficient (Wildman–Crippen LogP) is 0.366. The molecule has 4 heteroatoms. The smallest absolute Gasteiger partial charge is 0.303 e. The van der Waals surface area contributed by atoms with Crippen LogP contribution >= 0.6 is 0 Å². The summed E-state index contributed by atoms with van der Waals surface area (Å²) in [7, 11) is 0. The monoisotopic (exact) mass is 154 g/mol. The van der Waals surface area contributed by atoms with Gasteiger partial charge in [-0.2, -0.15) is 0 Å². The number of nitrogens with one attached hydrogen (secondary N) is 2. The van der Waals surface area contributed by atoms with E-state index in [1.165, 1.54) is 0 Å². The number of imide groups is 1. The van der Waals surface area contributed by atoms with E-state index in [1.807, 2.05) is 13.8 Å². The van der Waals surface area contributed by atoms with Crippen LogP contribution in [0.25, 0.3) is 0 Å². The van der Waals surface area contributed by atoms with Crippen molar-refractivity contribution in [2.45, 2.75) is 13.8 Å². The zero-order chi connectivity index (χ0) is 8.43. The van der Waals surface area contributed by atoms with Crippen molar-refractivity contribution in [3.63, 3.8) is 0 Å². The molecule has 1 saturated heterocycles. The Bertz CT molecular complexity index is 231. The summed E-state index contributed by atoms with van der Waals surface area (Å²) in [6, 6.07) is -0.443. The minimum atomic E-state index is -0.443. The molecule has 3 amide bonds. The first-order valence-electron chi connectivity index (χ1n) is 3.43. The summed E-state index contributed by atoms with van der Waals surface area (Å²) in [4.78, 5) is 21.4. The van der Waals surface area contributed by atoms with Gasteiger partial charge < -0.3 is 5.32 Å². The summed E-state index contributed by atoms with van der Waals surface area (Å²) >= 11 is 0. The first-order valence-corrected chi connectivity index (χ1v) is 3.43. The van der Waals surface area contributed by atoms with E-state index in [-0.39, 0.29) is 11.8 Å². The van der Waals surface area contributed by atoms with Crippen LogP contribution in [-0.4, -0.2) is 11.9 Å². The van der Waals surface area contributed by atoms with Gasteiger partial charge >= 0.3 is 6.03 Å². The van der Waals surface area contributed by atoms with Gasteiger partial charge in [0, 0.05) is 0 Å². The van der Waals surface area contributed by atoms with Crippen LogP contribution in [0.15, 0.2) is 11.8 Å². The Morgan fingerprint density at radius 1 is 1.27 bits per heavy atom. The summed E-state index contributed by atoms with van der Waals surface area (Å²) in [6.07, 6.45) is 1.71. The third-order valence-corrected chi connectivity index (χ3v) is 1.22. The summed E-state index contributed by atoms with van der Waals surface area (Å²) in [5.41, 5.74) is 0.352. The highest BCUT2D eigenvalue weighted by atomic mass is 16.2. The lowest BCUT2D eigenvalue weighted by Crippen LogP contribution is -2.22. The average molecular weight is 154 g/mol. The van der Waals surface area contributed by atoms with E-state index in [0.717, 1.165) is 0 Å². The van der Waals surface area contributed by atoms with Gasteiger partial charge in [0.05, 0.1) is 0 Å². The molecule has 1 heterocycles. The van der Waals surface area contributed by atoms with Gasteiger partial charge in [-0.15, -0.1) is 0 Å². The molecule has 0 aromatic rings. The Hall–Kier alpha value is -1.32. The molecule has 0 saturated carbocycles. The molecule has 0 aromatic carbocycles. The second-order valence-corrected chi connectivity index (χ2v) is 2.73. The normalized spacial score (nSPS) is 20.8. The molecule has 0 aliphatic carbocycles. The minimum Gasteiger partial charge on any atom is -0.303 e. The number of amides is 3. The molecule has 0 atom stereocenters. The molecule has 0 radical (unpaired) electrons. The van der Waals surface area contributed by atoms with Gasteiger partial charge in [0.1, 0.15) is 5.70 Å². The first kappa shape index (κ1) is 7.78. The van der Waals surface area contributed by atoms with Gasteiger partial charge in [0.25, 0.3) is 5.91 Å². The predicted molar refractivity (Wildman–Crippen MR) is 39.6 cm³/mol. The van der Waals surface area contributed by atoms with Crippen LogP contribution in [0.4, 0.5) is 4.79 Å². The van der Waals surface area contributed by atoms with Crippen LogP contribution in [0.1, 0.15) is 13.8 Å². The Balaban J connectivity index is 2.75. The largest absolute Gasteiger partial charge is 0.326 e. The number of carbonyl (C=O) groups is 2. The molecule has 2 N–H and O–H groups in total. The van der Waals surface area contributed by atoms with Crippen molar-refractivity contribution in [3.05, 3.63) is 11.8 Å². The van der Waals surface area contributed by atoms with Crippen molar-refractivity contribution >= 4 is 11.9 Å².